The van der Waals surface area contributed by atoms with Crippen LogP contribution in [0, 0.1) is 17.3 Å². The molecule has 0 aromatic heterocycles. The van der Waals surface area contributed by atoms with Gasteiger partial charge in [0.05, 0.1) is 0 Å². The molecule has 2 atom stereocenters. The van der Waals surface area contributed by atoms with Gasteiger partial charge in [-0.1, -0.05) is 53.4 Å². The van der Waals surface area contributed by atoms with Crippen molar-refractivity contribution in [3.8, 4) is 0 Å². The van der Waals surface area contributed by atoms with E-state index in [1.54, 1.807) is 0 Å². The molecule has 0 bridgehead atoms. The Morgan fingerprint density at radius 1 is 1.25 bits per heavy atom. The molecular weight excluding hydrogens is 244 g/mol. The fraction of sp³-hybridized carbons (Fsp3) is 1.00. The Hall–Kier alpha value is -0.0800. The molecule has 0 spiro atoms. The smallest absolute Gasteiger partial charge is 0.00502 e. The number of nitrogens with one attached hydrogen (secondary N) is 1. The fourth-order valence-electron chi connectivity index (χ4n) is 4.20. The van der Waals surface area contributed by atoms with Crippen molar-refractivity contribution in [3.63, 3.8) is 0 Å². The fourth-order valence-corrected chi connectivity index (χ4v) is 4.20. The molecule has 0 aromatic rings. The Morgan fingerprint density at radius 2 is 1.95 bits per heavy atom. The van der Waals surface area contributed by atoms with Gasteiger partial charge in [-0.15, -0.1) is 0 Å². The van der Waals surface area contributed by atoms with Gasteiger partial charge >= 0.3 is 0 Å². The molecule has 0 saturated heterocycles. The lowest BCUT2D eigenvalue weighted by molar-refractivity contribution is 0.0752. The van der Waals surface area contributed by atoms with Crippen molar-refractivity contribution in [2.45, 2.75) is 66.2 Å². The van der Waals surface area contributed by atoms with Crippen LogP contribution in [0.5, 0.6) is 0 Å². The number of nitrogens with zero attached hydrogens (tertiary/aromatic N) is 1. The first kappa shape index (κ1) is 18.0. The zero-order valence-electron chi connectivity index (χ0n) is 14.7. The summed E-state index contributed by atoms with van der Waals surface area (Å²) in [6, 6.07) is 0. The van der Waals surface area contributed by atoms with Gasteiger partial charge in [0.25, 0.3) is 0 Å². The summed E-state index contributed by atoms with van der Waals surface area (Å²) in [7, 11) is 2.12. The molecule has 0 aromatic carbocycles. The first-order valence-corrected chi connectivity index (χ1v) is 8.96. The molecule has 1 N–H and O–H groups in total. The number of hydrogen-bond acceptors (Lipinski definition) is 2. The molecule has 120 valence electrons. The third-order valence-corrected chi connectivity index (χ3v) is 5.41. The normalized spacial score (nSPS) is 27.4. The Labute approximate surface area is 127 Å². The highest BCUT2D eigenvalue weighted by atomic mass is 15.1. The lowest BCUT2D eigenvalue weighted by Crippen LogP contribution is -2.47. The van der Waals surface area contributed by atoms with Gasteiger partial charge in [-0.2, -0.15) is 0 Å². The maximum atomic E-state index is 3.48. The molecule has 1 aliphatic carbocycles. The lowest BCUT2D eigenvalue weighted by atomic mass is 9.69. The average Bonchev–Trinajstić information content (AvgIpc) is 2.43. The summed E-state index contributed by atoms with van der Waals surface area (Å²) in [4.78, 5) is 2.73. The second-order valence-corrected chi connectivity index (χ2v) is 7.24. The Bertz CT molecular complexity index is 246. The second kappa shape index (κ2) is 9.04. The van der Waals surface area contributed by atoms with E-state index in [4.69, 9.17) is 0 Å². The van der Waals surface area contributed by atoms with Crippen LogP contribution in [0.2, 0.25) is 0 Å². The Morgan fingerprint density at radius 3 is 2.45 bits per heavy atom. The van der Waals surface area contributed by atoms with E-state index in [0.717, 1.165) is 11.8 Å². The molecule has 1 rings (SSSR count). The second-order valence-electron chi connectivity index (χ2n) is 7.24. The van der Waals surface area contributed by atoms with E-state index in [1.807, 2.05) is 0 Å². The Kier molecular flexibility index (Phi) is 8.13. The van der Waals surface area contributed by atoms with E-state index in [1.165, 1.54) is 64.7 Å². The summed E-state index contributed by atoms with van der Waals surface area (Å²) < 4.78 is 0. The molecule has 1 aliphatic rings. The summed E-state index contributed by atoms with van der Waals surface area (Å²) >= 11 is 0. The molecule has 1 saturated carbocycles. The molecule has 1 fully saturated rings. The third kappa shape index (κ3) is 5.37. The molecule has 2 nitrogen and oxygen atoms in total. The van der Waals surface area contributed by atoms with Crippen molar-refractivity contribution in [3.05, 3.63) is 0 Å². The highest BCUT2D eigenvalue weighted by Gasteiger charge is 2.35. The standard InChI is InChI=1S/C18H38N2/c1-6-17(7-2)13-20(8-3)15-18(14-19-5)11-9-10-16(4)12-18/h16-17,19H,6-15H2,1-5H3. The molecule has 0 amide bonds. The SMILES string of the molecule is CCC(CC)CN(CC)CC1(CNC)CCCC(C)C1. The van der Waals surface area contributed by atoms with E-state index in [2.05, 4.69) is 45.0 Å². The van der Waals surface area contributed by atoms with Crippen molar-refractivity contribution in [2.75, 3.05) is 33.2 Å². The monoisotopic (exact) mass is 282 g/mol. The summed E-state index contributed by atoms with van der Waals surface area (Å²) in [5, 5.41) is 3.48. The third-order valence-electron chi connectivity index (χ3n) is 5.41. The highest BCUT2D eigenvalue weighted by Crippen LogP contribution is 2.39. The minimum Gasteiger partial charge on any atom is -0.319 e. The largest absolute Gasteiger partial charge is 0.319 e. The van der Waals surface area contributed by atoms with Crippen LogP contribution in [0.25, 0.3) is 0 Å². The van der Waals surface area contributed by atoms with Crippen LogP contribution in [0.3, 0.4) is 0 Å². The quantitative estimate of drug-likeness (QED) is 0.683. The van der Waals surface area contributed by atoms with Crippen molar-refractivity contribution in [1.29, 1.82) is 0 Å². The zero-order valence-corrected chi connectivity index (χ0v) is 14.7. The van der Waals surface area contributed by atoms with E-state index >= 15 is 0 Å². The predicted octanol–water partition coefficient (Wildman–Crippen LogP) is 4.16. The first-order chi connectivity index (χ1) is 9.59. The van der Waals surface area contributed by atoms with Gasteiger partial charge < -0.3 is 10.2 Å². The summed E-state index contributed by atoms with van der Waals surface area (Å²) in [5.74, 6) is 1.78. The van der Waals surface area contributed by atoms with Gasteiger partial charge in [0.1, 0.15) is 0 Å². The van der Waals surface area contributed by atoms with Crippen LogP contribution in [0.15, 0.2) is 0 Å². The number of hydrogen-bond donors (Lipinski definition) is 1. The summed E-state index contributed by atoms with van der Waals surface area (Å²) in [6.45, 7) is 14.5. The average molecular weight is 283 g/mol. The first-order valence-electron chi connectivity index (χ1n) is 8.96. The maximum absolute atomic E-state index is 3.48. The van der Waals surface area contributed by atoms with Crippen molar-refractivity contribution in [2.24, 2.45) is 17.3 Å². The van der Waals surface area contributed by atoms with E-state index < -0.39 is 0 Å². The van der Waals surface area contributed by atoms with Crippen LogP contribution in [0.4, 0.5) is 0 Å². The topological polar surface area (TPSA) is 15.3 Å². The van der Waals surface area contributed by atoms with Crippen LogP contribution in [-0.2, 0) is 0 Å². The molecule has 20 heavy (non-hydrogen) atoms. The van der Waals surface area contributed by atoms with Gasteiger partial charge in [0, 0.05) is 19.6 Å². The molecular formula is C18H38N2. The van der Waals surface area contributed by atoms with Gasteiger partial charge in [0.2, 0.25) is 0 Å². The maximum Gasteiger partial charge on any atom is 0.00502 e. The molecule has 0 heterocycles. The van der Waals surface area contributed by atoms with Gasteiger partial charge in [-0.3, -0.25) is 0 Å². The summed E-state index contributed by atoms with van der Waals surface area (Å²) in [6.07, 6.45) is 8.32. The van der Waals surface area contributed by atoms with Crippen molar-refractivity contribution < 1.29 is 0 Å². The predicted molar refractivity (Wildman–Crippen MR) is 90.2 cm³/mol. The molecule has 0 radical (unpaired) electrons. The van der Waals surface area contributed by atoms with Crippen LogP contribution in [0.1, 0.15) is 66.2 Å². The van der Waals surface area contributed by atoms with E-state index in [0.29, 0.717) is 5.41 Å². The molecule has 2 heteroatoms. The Balaban J connectivity index is 2.66. The molecule has 2 unspecified atom stereocenters. The zero-order chi connectivity index (χ0) is 15.0. The van der Waals surface area contributed by atoms with Gasteiger partial charge in [-0.05, 0) is 43.7 Å². The minimum absolute atomic E-state index is 0.522. The minimum atomic E-state index is 0.522. The van der Waals surface area contributed by atoms with Crippen molar-refractivity contribution in [1.82, 2.24) is 10.2 Å². The summed E-state index contributed by atoms with van der Waals surface area (Å²) in [5.41, 5.74) is 0.522. The molecule has 0 aliphatic heterocycles. The van der Waals surface area contributed by atoms with Gasteiger partial charge in [-0.25, -0.2) is 0 Å². The number of rotatable bonds is 9. The van der Waals surface area contributed by atoms with Crippen LogP contribution >= 0.6 is 0 Å². The van der Waals surface area contributed by atoms with Crippen LogP contribution in [-0.4, -0.2) is 38.1 Å². The van der Waals surface area contributed by atoms with E-state index in [-0.39, 0.29) is 0 Å². The van der Waals surface area contributed by atoms with E-state index in [9.17, 15) is 0 Å². The highest BCUT2D eigenvalue weighted by molar-refractivity contribution is 4.89. The lowest BCUT2D eigenvalue weighted by Gasteiger charge is -2.44. The van der Waals surface area contributed by atoms with Crippen molar-refractivity contribution >= 4 is 0 Å². The van der Waals surface area contributed by atoms with Crippen LogP contribution < -0.4 is 5.32 Å². The van der Waals surface area contributed by atoms with Gasteiger partial charge in [0.15, 0.2) is 0 Å².